The van der Waals surface area contributed by atoms with E-state index in [4.69, 9.17) is 47.6 Å². The lowest BCUT2D eigenvalue weighted by Crippen LogP contribution is -2.38. The third kappa shape index (κ3) is 47.0. The summed E-state index contributed by atoms with van der Waals surface area (Å²) >= 11 is 0. The fourth-order valence-corrected chi connectivity index (χ4v) is 7.09. The number of ether oxygens (including phenoxy) is 8. The van der Waals surface area contributed by atoms with Crippen molar-refractivity contribution >= 4 is 0 Å². The molecule has 10 aliphatic rings. The first kappa shape index (κ1) is 67.3. The minimum absolute atomic E-state index is 0.286. The van der Waals surface area contributed by atoms with Gasteiger partial charge in [0.25, 0.3) is 0 Å². The molecule has 0 spiro atoms. The highest BCUT2D eigenvalue weighted by atomic mass is 16.7. The van der Waals surface area contributed by atoms with E-state index in [1.165, 1.54) is 64.3 Å². The molecule has 0 aromatic carbocycles. The van der Waals surface area contributed by atoms with Crippen molar-refractivity contribution in [2.45, 2.75) is 142 Å². The summed E-state index contributed by atoms with van der Waals surface area (Å²) in [6.07, 6.45) is 16.2. The maximum absolute atomic E-state index is 5.28. The molecule has 4 N–H and O–H groups in total. The molecule has 0 aromatic rings. The standard InChI is InChI=1S/C6H13NO.C6H12O.7C5H11NO.C4H9NO/c1-7-5-3-2-4-6-8-7;1-6-4-2-3-5-7-6;1-6-2-4-7-5-3-6;1-5-4-7-3-2-6-5;1-5-2-3-7-4-6-5;1-5-2-3-6-4-7-5;1-6-3-2-4-7-5-6;1-6-4-2-3-5-7-6;1-5-6-3-2-4-7-5;1-5-2-3-6-4-5/h2-6H2,1H3;6H,2-5H2,1H3;2-5H2,1H3;3*5-6H,2-4H2,1H3;2*2-5H2,1H3;5-6H,2-4H2,1H3;2-4H2,1H3. The molecular formula is C51H111N9O10. The molecule has 0 radical (unpaired) electrons. The van der Waals surface area contributed by atoms with Gasteiger partial charge in [0.2, 0.25) is 0 Å². The van der Waals surface area contributed by atoms with Crippen LogP contribution < -0.4 is 21.3 Å². The van der Waals surface area contributed by atoms with E-state index in [0.29, 0.717) is 24.3 Å². The van der Waals surface area contributed by atoms with Crippen molar-refractivity contribution in [2.75, 3.05) is 194 Å². The van der Waals surface area contributed by atoms with Crippen LogP contribution in [0.25, 0.3) is 0 Å². The van der Waals surface area contributed by atoms with Crippen LogP contribution in [-0.4, -0.2) is 249 Å². The Morgan fingerprint density at radius 2 is 1.00 bits per heavy atom. The second-order valence-electron chi connectivity index (χ2n) is 19.4. The molecule has 70 heavy (non-hydrogen) atoms. The number of likely N-dealkylation sites (N-methyl/N-ethyl adjacent to an activating group) is 2. The van der Waals surface area contributed by atoms with Gasteiger partial charge in [0.15, 0.2) is 0 Å². The minimum Gasteiger partial charge on any atom is -0.379 e. The smallest absolute Gasteiger partial charge is 0.105 e. The Balaban J connectivity index is 0.000000389. The maximum Gasteiger partial charge on any atom is 0.105 e. The van der Waals surface area contributed by atoms with Crippen molar-refractivity contribution in [1.29, 1.82) is 0 Å². The lowest BCUT2D eigenvalue weighted by Gasteiger charge is -2.21. The van der Waals surface area contributed by atoms with E-state index in [-0.39, 0.29) is 6.23 Å². The van der Waals surface area contributed by atoms with Crippen LogP contribution in [0.3, 0.4) is 0 Å². The first-order valence-electron chi connectivity index (χ1n) is 27.3. The van der Waals surface area contributed by atoms with Gasteiger partial charge in [-0.15, -0.1) is 0 Å². The van der Waals surface area contributed by atoms with E-state index in [2.05, 4.69) is 77.8 Å². The molecule has 10 heterocycles. The molecule has 10 fully saturated rings. The monoisotopic (exact) mass is 1010 g/mol. The van der Waals surface area contributed by atoms with Crippen LogP contribution in [-0.2, 0) is 47.6 Å². The molecule has 19 heteroatoms. The van der Waals surface area contributed by atoms with Gasteiger partial charge in [0.05, 0.1) is 85.4 Å². The summed E-state index contributed by atoms with van der Waals surface area (Å²) in [5.74, 6) is 0. The van der Waals surface area contributed by atoms with Crippen molar-refractivity contribution in [2.24, 2.45) is 0 Å². The number of hydroxylamine groups is 4. The quantitative estimate of drug-likeness (QED) is 0.270. The van der Waals surface area contributed by atoms with Gasteiger partial charge in [-0.05, 0) is 146 Å². The molecule has 10 aliphatic heterocycles. The average Bonchev–Trinajstić information content (AvgIpc) is 3.74. The van der Waals surface area contributed by atoms with Gasteiger partial charge in [-0.1, -0.05) is 0 Å². The van der Waals surface area contributed by atoms with E-state index in [1.807, 2.05) is 38.2 Å². The zero-order valence-electron chi connectivity index (χ0n) is 46.7. The van der Waals surface area contributed by atoms with Crippen LogP contribution in [0, 0.1) is 0 Å². The summed E-state index contributed by atoms with van der Waals surface area (Å²) in [6.45, 7) is 33.7. The highest BCUT2D eigenvalue weighted by Gasteiger charge is 2.09. The number of hydrogen-bond acceptors (Lipinski definition) is 19. The van der Waals surface area contributed by atoms with Crippen LogP contribution in [0.15, 0.2) is 0 Å². The Labute approximate surface area is 428 Å². The molecule has 5 atom stereocenters. The van der Waals surface area contributed by atoms with Crippen LogP contribution in [0.2, 0.25) is 0 Å². The molecule has 0 bridgehead atoms. The zero-order chi connectivity index (χ0) is 51.1. The minimum atomic E-state index is 0.286. The van der Waals surface area contributed by atoms with Crippen molar-refractivity contribution < 1.29 is 47.6 Å². The summed E-state index contributed by atoms with van der Waals surface area (Å²) in [7, 11) is 10.2. The predicted molar refractivity (Wildman–Crippen MR) is 282 cm³/mol. The number of morpholine rings is 2. The van der Waals surface area contributed by atoms with Crippen LogP contribution >= 0.6 is 0 Å². The molecule has 420 valence electrons. The molecule has 0 aromatic heterocycles. The molecule has 19 nitrogen and oxygen atoms in total. The normalized spacial score (nSPS) is 29.1. The van der Waals surface area contributed by atoms with Crippen LogP contribution in [0.1, 0.15) is 112 Å². The Hall–Kier alpha value is -0.760. The molecule has 0 amide bonds. The third-order valence-corrected chi connectivity index (χ3v) is 12.0. The highest BCUT2D eigenvalue weighted by molar-refractivity contribution is 4.63. The Morgan fingerprint density at radius 3 is 1.33 bits per heavy atom. The largest absolute Gasteiger partial charge is 0.379 e. The molecule has 10 rings (SSSR count). The number of hydrogen-bond donors (Lipinski definition) is 4. The number of rotatable bonds is 0. The summed E-state index contributed by atoms with van der Waals surface area (Å²) in [4.78, 5) is 16.9. The molecule has 5 unspecified atom stereocenters. The van der Waals surface area contributed by atoms with Gasteiger partial charge in [-0.2, -0.15) is 10.1 Å². The van der Waals surface area contributed by atoms with Gasteiger partial charge in [-0.25, -0.2) is 0 Å². The lowest BCUT2D eigenvalue weighted by molar-refractivity contribution is -0.161. The van der Waals surface area contributed by atoms with Crippen molar-refractivity contribution in [3.8, 4) is 0 Å². The van der Waals surface area contributed by atoms with Gasteiger partial charge >= 0.3 is 0 Å². The van der Waals surface area contributed by atoms with E-state index in [0.717, 1.165) is 171 Å². The summed E-state index contributed by atoms with van der Waals surface area (Å²) in [5.41, 5.74) is 0. The average molecular weight is 1010 g/mol. The first-order chi connectivity index (χ1) is 33.9. The van der Waals surface area contributed by atoms with Gasteiger partial charge < -0.3 is 48.1 Å². The fourth-order valence-electron chi connectivity index (χ4n) is 7.09. The van der Waals surface area contributed by atoms with Crippen LogP contribution in [0.4, 0.5) is 0 Å². The molecule has 0 aliphatic carbocycles. The second-order valence-corrected chi connectivity index (χ2v) is 19.4. The summed E-state index contributed by atoms with van der Waals surface area (Å²) in [5, 5.41) is 16.5. The van der Waals surface area contributed by atoms with E-state index in [1.54, 1.807) is 0 Å². The van der Waals surface area contributed by atoms with Crippen LogP contribution in [0.5, 0.6) is 0 Å². The van der Waals surface area contributed by atoms with E-state index >= 15 is 0 Å². The van der Waals surface area contributed by atoms with Crippen molar-refractivity contribution in [3.63, 3.8) is 0 Å². The topological polar surface area (TPSA) is 157 Å². The molecular weight excluding hydrogens is 899 g/mol. The SMILES string of the molecule is CC1CCCCO1.CC1CCNCO1.CC1CCOCN1.CC1COCCN1.CC1NCCCO1.CN1CCCCCO1.CN1CCCCO1.CN1CCCOC1.CN1CCOC1.CN1CCOCC1. The maximum atomic E-state index is 5.28. The molecule has 10 saturated heterocycles. The Bertz CT molecular complexity index is 836. The van der Waals surface area contributed by atoms with Gasteiger partial charge in [-0.3, -0.25) is 35.4 Å². The lowest BCUT2D eigenvalue weighted by atomic mass is 10.1. The Kier molecular flexibility index (Phi) is 47.2. The second kappa shape index (κ2) is 49.1. The van der Waals surface area contributed by atoms with E-state index in [9.17, 15) is 0 Å². The van der Waals surface area contributed by atoms with Crippen molar-refractivity contribution in [1.82, 2.24) is 46.1 Å². The zero-order valence-corrected chi connectivity index (χ0v) is 46.7. The number of nitrogens with zero attached hydrogens (tertiary/aromatic N) is 5. The van der Waals surface area contributed by atoms with Crippen molar-refractivity contribution in [3.05, 3.63) is 0 Å². The predicted octanol–water partition coefficient (Wildman–Crippen LogP) is 4.42. The highest BCUT2D eigenvalue weighted by Crippen LogP contribution is 2.10. The summed E-state index contributed by atoms with van der Waals surface area (Å²) < 4.78 is 40.9. The van der Waals surface area contributed by atoms with Gasteiger partial charge in [0.1, 0.15) is 6.23 Å². The Morgan fingerprint density at radius 1 is 0.371 bits per heavy atom. The first-order valence-corrected chi connectivity index (χ1v) is 27.3. The summed E-state index contributed by atoms with van der Waals surface area (Å²) in [6, 6.07) is 1.22. The van der Waals surface area contributed by atoms with Gasteiger partial charge in [0, 0.05) is 98.4 Å². The molecule has 0 saturated carbocycles. The fraction of sp³-hybridized carbons (Fsp3) is 1.00. The third-order valence-electron chi connectivity index (χ3n) is 12.0. The number of nitrogens with one attached hydrogen (secondary N) is 4. The van der Waals surface area contributed by atoms with E-state index < -0.39 is 0 Å².